The molecule has 0 bridgehead atoms. The van der Waals surface area contributed by atoms with Crippen molar-refractivity contribution in [3.63, 3.8) is 0 Å². The molecule has 1 N–H and O–H groups in total. The largest absolute Gasteiger partial charge is 0.481 e. The van der Waals surface area contributed by atoms with E-state index in [1.807, 2.05) is 11.0 Å². The van der Waals surface area contributed by atoms with Crippen molar-refractivity contribution in [2.45, 2.75) is 12.7 Å². The first-order valence-electron chi connectivity index (χ1n) is 6.47. The van der Waals surface area contributed by atoms with Gasteiger partial charge in [0.25, 0.3) is 0 Å². The molecular formula is C13H18F3N3O. The molecule has 0 radical (unpaired) electrons. The molecule has 1 aliphatic heterocycles. The molecule has 2 heterocycles. The van der Waals surface area contributed by atoms with Gasteiger partial charge in [0, 0.05) is 45.0 Å². The average molecular weight is 289 g/mol. The van der Waals surface area contributed by atoms with Crippen molar-refractivity contribution in [3.8, 4) is 5.88 Å². The van der Waals surface area contributed by atoms with Crippen LogP contribution in [0.15, 0.2) is 18.3 Å². The fourth-order valence-electron chi connectivity index (χ4n) is 2.23. The standard InChI is InChI=1S/C13H18F3N3O/c1-20-12-3-2-10(6-18-12)8-19-5-4-17-7-11(9-19)13(14,15)16/h2-3,6,11,17H,4-5,7-9H2,1H3. The molecule has 4 nitrogen and oxygen atoms in total. The summed E-state index contributed by atoms with van der Waals surface area (Å²) in [6, 6.07) is 3.54. The highest BCUT2D eigenvalue weighted by Gasteiger charge is 2.40. The summed E-state index contributed by atoms with van der Waals surface area (Å²) in [5.74, 6) is -0.823. The van der Waals surface area contributed by atoms with Gasteiger partial charge in [0.1, 0.15) is 0 Å². The third-order valence-electron chi connectivity index (χ3n) is 3.35. The molecule has 112 valence electrons. The van der Waals surface area contributed by atoms with Crippen molar-refractivity contribution in [1.29, 1.82) is 0 Å². The summed E-state index contributed by atoms with van der Waals surface area (Å²) in [7, 11) is 1.52. The summed E-state index contributed by atoms with van der Waals surface area (Å²) >= 11 is 0. The van der Waals surface area contributed by atoms with Crippen molar-refractivity contribution in [1.82, 2.24) is 15.2 Å². The van der Waals surface area contributed by atoms with Crippen molar-refractivity contribution < 1.29 is 17.9 Å². The van der Waals surface area contributed by atoms with E-state index < -0.39 is 12.1 Å². The van der Waals surface area contributed by atoms with E-state index in [1.54, 1.807) is 12.3 Å². The van der Waals surface area contributed by atoms with Gasteiger partial charge in [0.05, 0.1) is 13.0 Å². The van der Waals surface area contributed by atoms with Gasteiger partial charge in [-0.15, -0.1) is 0 Å². The first-order valence-corrected chi connectivity index (χ1v) is 6.47. The molecule has 0 saturated carbocycles. The fraction of sp³-hybridized carbons (Fsp3) is 0.615. The molecule has 1 aromatic heterocycles. The maximum atomic E-state index is 12.8. The number of pyridine rings is 1. The van der Waals surface area contributed by atoms with Gasteiger partial charge in [-0.25, -0.2) is 4.98 Å². The van der Waals surface area contributed by atoms with Gasteiger partial charge in [0.2, 0.25) is 5.88 Å². The number of aromatic nitrogens is 1. The number of rotatable bonds is 3. The summed E-state index contributed by atoms with van der Waals surface area (Å²) < 4.78 is 43.5. The number of hydrogen-bond donors (Lipinski definition) is 1. The van der Waals surface area contributed by atoms with Crippen molar-refractivity contribution >= 4 is 0 Å². The Bertz CT molecular complexity index is 422. The summed E-state index contributed by atoms with van der Waals surface area (Å²) in [5, 5.41) is 2.84. The van der Waals surface area contributed by atoms with Crippen LogP contribution in [0.5, 0.6) is 5.88 Å². The number of hydrogen-bond acceptors (Lipinski definition) is 4. The first-order chi connectivity index (χ1) is 9.49. The maximum absolute atomic E-state index is 12.8. The van der Waals surface area contributed by atoms with E-state index in [1.165, 1.54) is 7.11 Å². The third kappa shape index (κ3) is 4.08. The normalized spacial score (nSPS) is 21.5. The number of nitrogens with zero attached hydrogens (tertiary/aromatic N) is 2. The number of methoxy groups -OCH3 is 1. The Balaban J connectivity index is 1.99. The number of halogens is 3. The second-order valence-electron chi connectivity index (χ2n) is 4.89. The molecule has 20 heavy (non-hydrogen) atoms. The maximum Gasteiger partial charge on any atom is 0.394 e. The second kappa shape index (κ2) is 6.41. The van der Waals surface area contributed by atoms with Gasteiger partial charge in [0.15, 0.2) is 0 Å². The molecule has 0 aromatic carbocycles. The lowest BCUT2D eigenvalue weighted by Crippen LogP contribution is -2.37. The van der Waals surface area contributed by atoms with E-state index in [0.717, 1.165) is 5.56 Å². The van der Waals surface area contributed by atoms with Crippen LogP contribution in [0.3, 0.4) is 0 Å². The average Bonchev–Trinajstić information content (AvgIpc) is 2.65. The molecule has 0 amide bonds. The first kappa shape index (κ1) is 15.1. The van der Waals surface area contributed by atoms with Gasteiger partial charge in [-0.2, -0.15) is 13.2 Å². The predicted molar refractivity (Wildman–Crippen MR) is 68.5 cm³/mol. The van der Waals surface area contributed by atoms with E-state index in [4.69, 9.17) is 4.74 Å². The number of ether oxygens (including phenoxy) is 1. The molecule has 0 aliphatic carbocycles. The minimum atomic E-state index is -4.16. The molecule has 1 aromatic rings. The third-order valence-corrected chi connectivity index (χ3v) is 3.35. The Kier molecular flexibility index (Phi) is 4.82. The molecule has 1 saturated heterocycles. The van der Waals surface area contributed by atoms with Crippen LogP contribution in [0.25, 0.3) is 0 Å². The van der Waals surface area contributed by atoms with Crippen molar-refractivity contribution in [3.05, 3.63) is 23.9 Å². The second-order valence-corrected chi connectivity index (χ2v) is 4.89. The molecule has 2 rings (SSSR count). The Morgan fingerprint density at radius 3 is 2.85 bits per heavy atom. The van der Waals surface area contributed by atoms with Crippen LogP contribution < -0.4 is 10.1 Å². The van der Waals surface area contributed by atoms with E-state index in [2.05, 4.69) is 10.3 Å². The SMILES string of the molecule is COc1ccc(CN2CCNCC(C(F)(F)F)C2)cn1. The van der Waals surface area contributed by atoms with Gasteiger partial charge >= 0.3 is 6.18 Å². The zero-order valence-electron chi connectivity index (χ0n) is 11.3. The van der Waals surface area contributed by atoms with E-state index in [9.17, 15) is 13.2 Å². The Hall–Kier alpha value is -1.34. The van der Waals surface area contributed by atoms with Crippen LogP contribution >= 0.6 is 0 Å². The van der Waals surface area contributed by atoms with Crippen LogP contribution in [0.2, 0.25) is 0 Å². The lowest BCUT2D eigenvalue weighted by Gasteiger charge is -2.25. The molecule has 1 fully saturated rings. The van der Waals surface area contributed by atoms with Gasteiger partial charge in [-0.05, 0) is 5.56 Å². The zero-order chi connectivity index (χ0) is 14.6. The smallest absolute Gasteiger partial charge is 0.394 e. The predicted octanol–water partition coefficient (Wildman–Crippen LogP) is 1.67. The van der Waals surface area contributed by atoms with E-state index in [0.29, 0.717) is 25.5 Å². The Morgan fingerprint density at radius 1 is 1.45 bits per heavy atom. The lowest BCUT2D eigenvalue weighted by atomic mass is 10.1. The highest BCUT2D eigenvalue weighted by Crippen LogP contribution is 2.27. The summed E-state index contributed by atoms with van der Waals surface area (Å²) in [5.41, 5.74) is 0.883. The molecule has 1 atom stereocenters. The minimum absolute atomic E-state index is 0.0130. The molecule has 1 unspecified atom stereocenters. The highest BCUT2D eigenvalue weighted by atomic mass is 19.4. The van der Waals surface area contributed by atoms with Crippen molar-refractivity contribution in [2.24, 2.45) is 5.92 Å². The van der Waals surface area contributed by atoms with Gasteiger partial charge < -0.3 is 10.1 Å². The monoisotopic (exact) mass is 289 g/mol. The van der Waals surface area contributed by atoms with Crippen LogP contribution in [-0.4, -0.2) is 49.3 Å². The van der Waals surface area contributed by atoms with E-state index >= 15 is 0 Å². The summed E-state index contributed by atoms with van der Waals surface area (Å²) in [6.07, 6.45) is -2.52. The zero-order valence-corrected chi connectivity index (χ0v) is 11.3. The topological polar surface area (TPSA) is 37.4 Å². The molecule has 1 aliphatic rings. The van der Waals surface area contributed by atoms with E-state index in [-0.39, 0.29) is 13.1 Å². The molecular weight excluding hydrogens is 271 g/mol. The van der Waals surface area contributed by atoms with Crippen LogP contribution in [0.4, 0.5) is 13.2 Å². The quantitative estimate of drug-likeness (QED) is 0.918. The fourth-order valence-corrected chi connectivity index (χ4v) is 2.23. The minimum Gasteiger partial charge on any atom is -0.481 e. The van der Waals surface area contributed by atoms with Crippen molar-refractivity contribution in [2.75, 3.05) is 33.3 Å². The summed E-state index contributed by atoms with van der Waals surface area (Å²) in [4.78, 5) is 5.87. The van der Waals surface area contributed by atoms with Gasteiger partial charge in [-0.3, -0.25) is 4.90 Å². The number of alkyl halides is 3. The Labute approximate surface area is 115 Å². The lowest BCUT2D eigenvalue weighted by molar-refractivity contribution is -0.176. The van der Waals surface area contributed by atoms with Crippen LogP contribution in [0, 0.1) is 5.92 Å². The molecule has 0 spiro atoms. The van der Waals surface area contributed by atoms with Gasteiger partial charge in [-0.1, -0.05) is 6.07 Å². The van der Waals surface area contributed by atoms with Crippen LogP contribution in [-0.2, 0) is 6.54 Å². The molecule has 7 heteroatoms. The highest BCUT2D eigenvalue weighted by molar-refractivity contribution is 5.17. The summed E-state index contributed by atoms with van der Waals surface area (Å²) in [6.45, 7) is 1.63. The Morgan fingerprint density at radius 2 is 2.25 bits per heavy atom. The van der Waals surface area contributed by atoms with Crippen LogP contribution in [0.1, 0.15) is 5.56 Å². The number of nitrogens with one attached hydrogen (secondary N) is 1.